The Bertz CT molecular complexity index is 484. The van der Waals surface area contributed by atoms with Crippen molar-refractivity contribution in [3.8, 4) is 0 Å². The Labute approximate surface area is 104 Å². The summed E-state index contributed by atoms with van der Waals surface area (Å²) in [4.78, 5) is 15.1. The highest BCUT2D eigenvalue weighted by Crippen LogP contribution is 2.09. The van der Waals surface area contributed by atoms with Crippen molar-refractivity contribution in [1.82, 2.24) is 9.66 Å². The summed E-state index contributed by atoms with van der Waals surface area (Å²) in [5.41, 5.74) is 0.959. The number of methoxy groups -OCH3 is 1. The maximum Gasteiger partial charge on any atom is 0.383 e. The number of sulfonamides is 1. The van der Waals surface area contributed by atoms with Gasteiger partial charge in [0.25, 0.3) is 10.0 Å². The van der Waals surface area contributed by atoms with Gasteiger partial charge in [-0.05, 0) is 19.1 Å². The number of benzene rings is 1. The largest absolute Gasteiger partial charge is 0.460 e. The smallest absolute Gasteiger partial charge is 0.383 e. The van der Waals surface area contributed by atoms with Gasteiger partial charge in [-0.2, -0.15) is 4.83 Å². The molecule has 17 heavy (non-hydrogen) atoms. The molecule has 0 amide bonds. The SMILES string of the molecule is COC(=O)SNNS(=O)(=O)c1ccc(C)cc1. The van der Waals surface area contributed by atoms with Crippen molar-refractivity contribution < 1.29 is 17.9 Å². The summed E-state index contributed by atoms with van der Waals surface area (Å²) in [5, 5.41) is -0.642. The Morgan fingerprint density at radius 1 is 1.29 bits per heavy atom. The third-order valence-corrected chi connectivity index (χ3v) is 3.74. The first kappa shape index (κ1) is 14.0. The Hall–Kier alpha value is -1.09. The molecule has 1 rings (SSSR count). The van der Waals surface area contributed by atoms with Crippen LogP contribution in [0.2, 0.25) is 0 Å². The van der Waals surface area contributed by atoms with Gasteiger partial charge in [0.1, 0.15) is 0 Å². The molecule has 0 aliphatic heterocycles. The molecule has 0 aliphatic carbocycles. The van der Waals surface area contributed by atoms with E-state index < -0.39 is 15.3 Å². The van der Waals surface area contributed by atoms with Crippen molar-refractivity contribution in [3.05, 3.63) is 29.8 Å². The number of hydrogen-bond donors (Lipinski definition) is 2. The van der Waals surface area contributed by atoms with E-state index in [-0.39, 0.29) is 4.90 Å². The highest BCUT2D eigenvalue weighted by Gasteiger charge is 2.13. The van der Waals surface area contributed by atoms with Crippen molar-refractivity contribution in [1.29, 1.82) is 0 Å². The molecule has 0 aromatic heterocycles. The van der Waals surface area contributed by atoms with Gasteiger partial charge in [0.15, 0.2) is 0 Å². The Kier molecular flexibility index (Phi) is 4.94. The minimum Gasteiger partial charge on any atom is -0.460 e. The van der Waals surface area contributed by atoms with Gasteiger partial charge in [0, 0.05) is 0 Å². The summed E-state index contributed by atoms with van der Waals surface area (Å²) >= 11 is 0.500. The van der Waals surface area contributed by atoms with Crippen LogP contribution in [0.15, 0.2) is 29.2 Å². The zero-order valence-corrected chi connectivity index (χ0v) is 10.9. The molecular formula is C9H12N2O4S2. The summed E-state index contributed by atoms with van der Waals surface area (Å²) in [6.07, 6.45) is 0. The van der Waals surface area contributed by atoms with Crippen LogP contribution < -0.4 is 9.66 Å². The average molecular weight is 276 g/mol. The molecule has 0 bridgehead atoms. The zero-order valence-electron chi connectivity index (χ0n) is 9.26. The summed E-state index contributed by atoms with van der Waals surface area (Å²) in [6.45, 7) is 1.86. The highest BCUT2D eigenvalue weighted by molar-refractivity contribution is 8.11. The normalized spacial score (nSPS) is 11.2. The van der Waals surface area contributed by atoms with Crippen molar-refractivity contribution in [2.75, 3.05) is 7.11 Å². The van der Waals surface area contributed by atoms with Gasteiger partial charge in [-0.3, -0.25) is 0 Å². The van der Waals surface area contributed by atoms with Crippen LogP contribution in [0.3, 0.4) is 0 Å². The predicted molar refractivity (Wildman–Crippen MR) is 64.6 cm³/mol. The third kappa shape index (κ3) is 4.35. The maximum atomic E-state index is 11.7. The molecule has 0 atom stereocenters. The number of ether oxygens (including phenoxy) is 1. The fourth-order valence-electron chi connectivity index (χ4n) is 0.935. The number of hydrazine groups is 1. The molecule has 0 saturated carbocycles. The molecular weight excluding hydrogens is 264 g/mol. The average Bonchev–Trinajstić information content (AvgIpc) is 2.29. The van der Waals surface area contributed by atoms with Crippen molar-refractivity contribution >= 4 is 27.3 Å². The molecule has 8 heteroatoms. The van der Waals surface area contributed by atoms with E-state index in [0.717, 1.165) is 5.56 Å². The second kappa shape index (κ2) is 6.01. The molecule has 0 saturated heterocycles. The van der Waals surface area contributed by atoms with Crippen LogP contribution >= 0.6 is 11.9 Å². The van der Waals surface area contributed by atoms with Crippen LogP contribution in [0.1, 0.15) is 5.56 Å². The van der Waals surface area contributed by atoms with Gasteiger partial charge in [0.2, 0.25) is 0 Å². The number of carbonyl (C=O) groups is 1. The molecule has 6 nitrogen and oxygen atoms in total. The van der Waals surface area contributed by atoms with Gasteiger partial charge >= 0.3 is 5.30 Å². The number of carbonyl (C=O) groups excluding carboxylic acids is 1. The minimum atomic E-state index is -3.67. The summed E-state index contributed by atoms with van der Waals surface area (Å²) in [5.74, 6) is 0. The number of aryl methyl sites for hydroxylation is 1. The lowest BCUT2D eigenvalue weighted by Crippen LogP contribution is -2.33. The van der Waals surface area contributed by atoms with Crippen LogP contribution in [0.4, 0.5) is 4.79 Å². The lowest BCUT2D eigenvalue weighted by molar-refractivity contribution is 0.200. The van der Waals surface area contributed by atoms with E-state index >= 15 is 0 Å². The van der Waals surface area contributed by atoms with E-state index in [1.54, 1.807) is 12.1 Å². The topological polar surface area (TPSA) is 84.5 Å². The van der Waals surface area contributed by atoms with E-state index in [9.17, 15) is 13.2 Å². The van der Waals surface area contributed by atoms with Crippen molar-refractivity contribution in [2.45, 2.75) is 11.8 Å². The molecule has 0 unspecified atom stereocenters. The lowest BCUT2D eigenvalue weighted by atomic mass is 10.2. The second-order valence-corrected chi connectivity index (χ2v) is 5.50. The van der Waals surface area contributed by atoms with E-state index in [1.165, 1.54) is 19.2 Å². The van der Waals surface area contributed by atoms with Crippen molar-refractivity contribution in [3.63, 3.8) is 0 Å². The monoisotopic (exact) mass is 276 g/mol. The van der Waals surface area contributed by atoms with Gasteiger partial charge < -0.3 is 4.74 Å². The predicted octanol–water partition coefficient (Wildman–Crippen LogP) is 1.19. The molecule has 0 fully saturated rings. The third-order valence-electron chi connectivity index (χ3n) is 1.81. The van der Waals surface area contributed by atoms with E-state index in [0.29, 0.717) is 11.9 Å². The first-order chi connectivity index (χ1) is 7.95. The molecule has 1 aromatic carbocycles. The quantitative estimate of drug-likeness (QED) is 0.488. The van der Waals surface area contributed by atoms with E-state index in [1.807, 2.05) is 11.8 Å². The Morgan fingerprint density at radius 3 is 2.41 bits per heavy atom. The Morgan fingerprint density at radius 2 is 1.88 bits per heavy atom. The fourth-order valence-corrected chi connectivity index (χ4v) is 2.32. The maximum absolute atomic E-state index is 11.7. The number of nitrogens with one attached hydrogen (secondary N) is 2. The zero-order chi connectivity index (χ0) is 12.9. The van der Waals surface area contributed by atoms with Gasteiger partial charge in [-0.1, -0.05) is 17.7 Å². The molecule has 94 valence electrons. The number of hydrogen-bond acceptors (Lipinski definition) is 6. The summed E-state index contributed by atoms with van der Waals surface area (Å²) < 4.78 is 27.7. The molecule has 0 radical (unpaired) electrons. The van der Waals surface area contributed by atoms with E-state index in [4.69, 9.17) is 0 Å². The van der Waals surface area contributed by atoms with Crippen LogP contribution in [-0.2, 0) is 14.8 Å². The molecule has 0 spiro atoms. The molecule has 0 aliphatic rings. The first-order valence-electron chi connectivity index (χ1n) is 4.54. The van der Waals surface area contributed by atoms with Crippen LogP contribution in [0, 0.1) is 6.92 Å². The fraction of sp³-hybridized carbons (Fsp3) is 0.222. The first-order valence-corrected chi connectivity index (χ1v) is 6.84. The van der Waals surface area contributed by atoms with Crippen molar-refractivity contribution in [2.24, 2.45) is 0 Å². The van der Waals surface area contributed by atoms with Crippen LogP contribution in [0.5, 0.6) is 0 Å². The highest BCUT2D eigenvalue weighted by atomic mass is 32.2. The van der Waals surface area contributed by atoms with Gasteiger partial charge in [-0.15, -0.1) is 4.83 Å². The molecule has 2 N–H and O–H groups in total. The standard InChI is InChI=1S/C9H12N2O4S2/c1-7-3-5-8(6-4-7)17(13,14)11-10-16-9(12)15-2/h3-6,10-11H,1-2H3. The van der Waals surface area contributed by atoms with Gasteiger partial charge in [-0.25, -0.2) is 13.2 Å². The second-order valence-electron chi connectivity index (χ2n) is 3.08. The number of rotatable bonds is 4. The summed E-state index contributed by atoms with van der Waals surface area (Å²) in [7, 11) is -2.47. The minimum absolute atomic E-state index is 0.112. The molecule has 1 aromatic rings. The van der Waals surface area contributed by atoms with Crippen LogP contribution in [-0.4, -0.2) is 20.8 Å². The molecule has 0 heterocycles. The van der Waals surface area contributed by atoms with Gasteiger partial charge in [0.05, 0.1) is 24.0 Å². The van der Waals surface area contributed by atoms with Crippen LogP contribution in [0.25, 0.3) is 0 Å². The summed E-state index contributed by atoms with van der Waals surface area (Å²) in [6, 6.07) is 6.31. The Balaban J connectivity index is 2.63. The van der Waals surface area contributed by atoms with E-state index in [2.05, 4.69) is 9.57 Å². The lowest BCUT2D eigenvalue weighted by Gasteiger charge is -2.06.